The molecule has 1 amide bonds. The Bertz CT molecular complexity index is 603. The average Bonchev–Trinajstić information content (AvgIpc) is 3.09. The fraction of sp³-hybridized carbons (Fsp3) is 0.500. The van der Waals surface area contributed by atoms with Crippen LogP contribution in [0.5, 0.6) is 0 Å². The van der Waals surface area contributed by atoms with Crippen LogP contribution in [0, 0.1) is 0 Å². The Balaban J connectivity index is 1.80. The van der Waals surface area contributed by atoms with Gasteiger partial charge in [0.25, 0.3) is 5.91 Å². The summed E-state index contributed by atoms with van der Waals surface area (Å²) in [5.41, 5.74) is 1.70. The van der Waals surface area contributed by atoms with Crippen LogP contribution in [0.3, 0.4) is 0 Å². The van der Waals surface area contributed by atoms with Crippen molar-refractivity contribution < 1.29 is 4.79 Å². The summed E-state index contributed by atoms with van der Waals surface area (Å²) in [6.07, 6.45) is 7.23. The fourth-order valence-corrected chi connectivity index (χ4v) is 2.94. The predicted octanol–water partition coefficient (Wildman–Crippen LogP) is 1.34. The lowest BCUT2D eigenvalue weighted by molar-refractivity contribution is 0.0647. The van der Waals surface area contributed by atoms with E-state index in [1.54, 1.807) is 23.3 Å². The van der Waals surface area contributed by atoms with Gasteiger partial charge in [-0.05, 0) is 18.9 Å². The zero-order valence-corrected chi connectivity index (χ0v) is 11.8. The average molecular weight is 273 g/mol. The van der Waals surface area contributed by atoms with E-state index in [2.05, 4.69) is 22.2 Å². The molecule has 1 aliphatic rings. The zero-order chi connectivity index (χ0) is 14.2. The van der Waals surface area contributed by atoms with E-state index in [0.717, 1.165) is 25.1 Å². The van der Waals surface area contributed by atoms with Crippen molar-refractivity contribution in [1.29, 1.82) is 0 Å². The molecular weight excluding hydrogens is 254 g/mol. The molecule has 6 heteroatoms. The van der Waals surface area contributed by atoms with Crippen molar-refractivity contribution >= 4 is 5.91 Å². The summed E-state index contributed by atoms with van der Waals surface area (Å²) in [6.45, 7) is 3.70. The van der Waals surface area contributed by atoms with Crippen molar-refractivity contribution in [3.8, 4) is 0 Å². The Hall–Kier alpha value is -2.11. The third kappa shape index (κ3) is 2.21. The number of hydrogen-bond acceptors (Lipinski definition) is 3. The SMILES string of the molecule is Cn1cc(C(=O)N2CCCC(C)(c3ccn[nH]3)C2)cn1. The minimum absolute atomic E-state index is 0.0490. The smallest absolute Gasteiger partial charge is 0.257 e. The second-order valence-electron chi connectivity index (χ2n) is 5.76. The molecule has 1 atom stereocenters. The van der Waals surface area contributed by atoms with Crippen molar-refractivity contribution in [3.63, 3.8) is 0 Å². The van der Waals surface area contributed by atoms with Gasteiger partial charge in [-0.1, -0.05) is 6.92 Å². The monoisotopic (exact) mass is 273 g/mol. The third-order valence-electron chi connectivity index (χ3n) is 4.09. The number of aryl methyl sites for hydroxylation is 1. The van der Waals surface area contributed by atoms with Crippen molar-refractivity contribution in [2.24, 2.45) is 7.05 Å². The molecular formula is C14H19N5O. The number of likely N-dealkylation sites (tertiary alicyclic amines) is 1. The van der Waals surface area contributed by atoms with Crippen LogP contribution in [0.25, 0.3) is 0 Å². The molecule has 1 fully saturated rings. The standard InChI is InChI=1S/C14H19N5O/c1-14(12-4-6-15-17-12)5-3-7-19(10-14)13(20)11-8-16-18(2)9-11/h4,6,8-9H,3,5,7,10H2,1-2H3,(H,15,17). The largest absolute Gasteiger partial charge is 0.338 e. The number of H-pyrrole nitrogens is 1. The maximum Gasteiger partial charge on any atom is 0.257 e. The van der Waals surface area contributed by atoms with E-state index in [1.165, 1.54) is 0 Å². The molecule has 6 nitrogen and oxygen atoms in total. The molecule has 20 heavy (non-hydrogen) atoms. The molecule has 3 rings (SSSR count). The first-order valence-electron chi connectivity index (χ1n) is 6.86. The first-order valence-corrected chi connectivity index (χ1v) is 6.86. The maximum absolute atomic E-state index is 12.5. The molecule has 0 spiro atoms. The molecule has 2 aromatic heterocycles. The van der Waals surface area contributed by atoms with Gasteiger partial charge in [0.05, 0.1) is 11.8 Å². The van der Waals surface area contributed by atoms with Gasteiger partial charge < -0.3 is 4.90 Å². The van der Waals surface area contributed by atoms with E-state index in [9.17, 15) is 4.79 Å². The van der Waals surface area contributed by atoms with Crippen LogP contribution >= 0.6 is 0 Å². The number of rotatable bonds is 2. The Morgan fingerprint density at radius 3 is 3.00 bits per heavy atom. The predicted molar refractivity (Wildman–Crippen MR) is 74.3 cm³/mol. The number of hydrogen-bond donors (Lipinski definition) is 1. The van der Waals surface area contributed by atoms with Gasteiger partial charge in [0, 0.05) is 43.6 Å². The molecule has 106 valence electrons. The Morgan fingerprint density at radius 2 is 2.35 bits per heavy atom. The molecule has 1 saturated heterocycles. The zero-order valence-electron chi connectivity index (χ0n) is 11.8. The Morgan fingerprint density at radius 1 is 1.50 bits per heavy atom. The van der Waals surface area contributed by atoms with Gasteiger partial charge in [-0.2, -0.15) is 10.2 Å². The summed E-state index contributed by atoms with van der Waals surface area (Å²) >= 11 is 0. The first-order chi connectivity index (χ1) is 9.58. The third-order valence-corrected chi connectivity index (χ3v) is 4.09. The van der Waals surface area contributed by atoms with Gasteiger partial charge >= 0.3 is 0 Å². The normalized spacial score (nSPS) is 23.0. The lowest BCUT2D eigenvalue weighted by atomic mass is 9.79. The quantitative estimate of drug-likeness (QED) is 0.897. The van der Waals surface area contributed by atoms with Gasteiger partial charge in [0.1, 0.15) is 0 Å². The van der Waals surface area contributed by atoms with E-state index in [4.69, 9.17) is 0 Å². The van der Waals surface area contributed by atoms with E-state index in [-0.39, 0.29) is 11.3 Å². The molecule has 0 bridgehead atoms. The van der Waals surface area contributed by atoms with Crippen molar-refractivity contribution in [1.82, 2.24) is 24.9 Å². The number of aromatic nitrogens is 4. The second kappa shape index (κ2) is 4.77. The number of amides is 1. The van der Waals surface area contributed by atoms with Crippen LogP contribution in [0.4, 0.5) is 0 Å². The first kappa shape index (κ1) is 12.9. The van der Waals surface area contributed by atoms with Gasteiger partial charge in [-0.25, -0.2) is 0 Å². The fourth-order valence-electron chi connectivity index (χ4n) is 2.94. The van der Waals surface area contributed by atoms with Gasteiger partial charge in [-0.15, -0.1) is 0 Å². The van der Waals surface area contributed by atoms with Crippen LogP contribution in [0.1, 0.15) is 35.8 Å². The highest BCUT2D eigenvalue weighted by atomic mass is 16.2. The maximum atomic E-state index is 12.5. The highest BCUT2D eigenvalue weighted by molar-refractivity contribution is 5.93. The molecule has 0 saturated carbocycles. The summed E-state index contributed by atoms with van der Waals surface area (Å²) in [6, 6.07) is 2.00. The van der Waals surface area contributed by atoms with Gasteiger partial charge in [0.2, 0.25) is 0 Å². The summed E-state index contributed by atoms with van der Waals surface area (Å²) in [4.78, 5) is 14.4. The molecule has 3 heterocycles. The van der Waals surface area contributed by atoms with Crippen molar-refractivity contribution in [2.75, 3.05) is 13.1 Å². The number of piperidine rings is 1. The van der Waals surface area contributed by atoms with E-state index >= 15 is 0 Å². The van der Waals surface area contributed by atoms with Crippen LogP contribution < -0.4 is 0 Å². The lowest BCUT2D eigenvalue weighted by Crippen LogP contribution is -2.47. The molecule has 0 radical (unpaired) electrons. The lowest BCUT2D eigenvalue weighted by Gasteiger charge is -2.39. The molecule has 0 aliphatic carbocycles. The number of carbonyl (C=O) groups excluding carboxylic acids is 1. The van der Waals surface area contributed by atoms with E-state index in [0.29, 0.717) is 12.1 Å². The van der Waals surface area contributed by atoms with Gasteiger partial charge in [0.15, 0.2) is 0 Å². The van der Waals surface area contributed by atoms with Crippen LogP contribution in [0.2, 0.25) is 0 Å². The number of nitrogens with one attached hydrogen (secondary N) is 1. The van der Waals surface area contributed by atoms with Crippen molar-refractivity contribution in [2.45, 2.75) is 25.2 Å². The number of nitrogens with zero attached hydrogens (tertiary/aromatic N) is 4. The van der Waals surface area contributed by atoms with Gasteiger partial charge in [-0.3, -0.25) is 14.6 Å². The molecule has 1 unspecified atom stereocenters. The summed E-state index contributed by atoms with van der Waals surface area (Å²) < 4.78 is 1.66. The molecule has 1 N–H and O–H groups in total. The Labute approximate surface area is 117 Å². The highest BCUT2D eigenvalue weighted by Crippen LogP contribution is 2.32. The second-order valence-corrected chi connectivity index (χ2v) is 5.76. The summed E-state index contributed by atoms with van der Waals surface area (Å²) in [5, 5.41) is 11.2. The summed E-state index contributed by atoms with van der Waals surface area (Å²) in [5.74, 6) is 0.0588. The van der Waals surface area contributed by atoms with Crippen molar-refractivity contribution in [3.05, 3.63) is 35.9 Å². The minimum Gasteiger partial charge on any atom is -0.338 e. The molecule has 2 aromatic rings. The van der Waals surface area contributed by atoms with Crippen LogP contribution in [-0.2, 0) is 12.5 Å². The van der Waals surface area contributed by atoms with Crippen LogP contribution in [0.15, 0.2) is 24.7 Å². The molecule has 1 aliphatic heterocycles. The van der Waals surface area contributed by atoms with Crippen LogP contribution in [-0.4, -0.2) is 43.9 Å². The number of aromatic amines is 1. The summed E-state index contributed by atoms with van der Waals surface area (Å²) in [7, 11) is 1.82. The topological polar surface area (TPSA) is 66.8 Å². The highest BCUT2D eigenvalue weighted by Gasteiger charge is 2.36. The van der Waals surface area contributed by atoms with E-state index in [1.807, 2.05) is 18.0 Å². The van der Waals surface area contributed by atoms with E-state index < -0.39 is 0 Å². The molecule has 0 aromatic carbocycles. The number of carbonyl (C=O) groups is 1. The Kier molecular flexibility index (Phi) is 3.08. The minimum atomic E-state index is -0.0490.